The molecule has 0 aliphatic carbocycles. The van der Waals surface area contributed by atoms with Crippen LogP contribution in [-0.2, 0) is 14.3 Å². The number of hydrogen-bond donors (Lipinski definition) is 1. The lowest BCUT2D eigenvalue weighted by Gasteiger charge is -2.28. The summed E-state index contributed by atoms with van der Waals surface area (Å²) in [5.41, 5.74) is 1.15. The molecule has 2 heterocycles. The van der Waals surface area contributed by atoms with Crippen molar-refractivity contribution in [1.82, 2.24) is 4.90 Å². The van der Waals surface area contributed by atoms with Crippen LogP contribution in [0.5, 0.6) is 0 Å². The van der Waals surface area contributed by atoms with Gasteiger partial charge in [0.1, 0.15) is 5.76 Å². The van der Waals surface area contributed by atoms with Crippen molar-refractivity contribution in [2.75, 3.05) is 13.2 Å². The van der Waals surface area contributed by atoms with Crippen molar-refractivity contribution in [1.29, 1.82) is 0 Å². The van der Waals surface area contributed by atoms with E-state index in [4.69, 9.17) is 16.3 Å². The summed E-state index contributed by atoms with van der Waals surface area (Å²) >= 11 is 6.41. The first-order valence-electron chi connectivity index (χ1n) is 9.28. The molecule has 5 nitrogen and oxygen atoms in total. The third-order valence-corrected chi connectivity index (χ3v) is 5.56. The maximum atomic E-state index is 12.9. The number of Topliss-reactive ketones (excluding diaryl/α,β-unsaturated/α-hetero) is 1. The lowest BCUT2D eigenvalue weighted by Crippen LogP contribution is -2.36. The molecule has 1 N–H and O–H groups in total. The molecule has 2 saturated heterocycles. The number of carbonyl (C=O) groups excluding carboxylic acids is 2. The van der Waals surface area contributed by atoms with E-state index in [9.17, 15) is 14.7 Å². The SMILES string of the molecule is O=C1C(=O)N(C[C@H]2CCCO2)[C@H](c2ccccc2Cl)/C1=C(\O)c1ccccc1. The summed E-state index contributed by atoms with van der Waals surface area (Å²) in [5.74, 6) is -1.54. The Kier molecular flexibility index (Phi) is 5.20. The van der Waals surface area contributed by atoms with Crippen molar-refractivity contribution >= 4 is 29.1 Å². The van der Waals surface area contributed by atoms with Gasteiger partial charge in [0, 0.05) is 23.7 Å². The van der Waals surface area contributed by atoms with Gasteiger partial charge in [0.15, 0.2) is 0 Å². The number of nitrogens with zero attached hydrogens (tertiary/aromatic N) is 1. The minimum atomic E-state index is -0.752. The summed E-state index contributed by atoms with van der Waals surface area (Å²) in [5, 5.41) is 11.4. The molecule has 2 fully saturated rings. The first kappa shape index (κ1) is 18.7. The topological polar surface area (TPSA) is 66.8 Å². The summed E-state index contributed by atoms with van der Waals surface area (Å²) in [7, 11) is 0. The number of benzene rings is 2. The molecule has 4 rings (SSSR count). The van der Waals surface area contributed by atoms with Gasteiger partial charge in [-0.3, -0.25) is 9.59 Å². The van der Waals surface area contributed by atoms with E-state index in [0.717, 1.165) is 12.8 Å². The van der Waals surface area contributed by atoms with E-state index < -0.39 is 17.7 Å². The Bertz CT molecular complexity index is 935. The van der Waals surface area contributed by atoms with Gasteiger partial charge in [0.2, 0.25) is 0 Å². The zero-order chi connectivity index (χ0) is 19.7. The zero-order valence-corrected chi connectivity index (χ0v) is 15.9. The summed E-state index contributed by atoms with van der Waals surface area (Å²) in [4.78, 5) is 27.3. The van der Waals surface area contributed by atoms with Gasteiger partial charge in [0.05, 0.1) is 17.7 Å². The second kappa shape index (κ2) is 7.78. The van der Waals surface area contributed by atoms with E-state index in [1.807, 2.05) is 6.07 Å². The number of rotatable bonds is 4. The van der Waals surface area contributed by atoms with Gasteiger partial charge in [-0.25, -0.2) is 0 Å². The van der Waals surface area contributed by atoms with Crippen LogP contribution >= 0.6 is 11.6 Å². The molecule has 2 aliphatic heterocycles. The second-order valence-electron chi connectivity index (χ2n) is 6.97. The van der Waals surface area contributed by atoms with Crippen LogP contribution in [0.1, 0.15) is 30.0 Å². The molecule has 0 saturated carbocycles. The summed E-state index contributed by atoms with van der Waals surface area (Å²) in [6, 6.07) is 15.1. The number of carbonyl (C=O) groups is 2. The zero-order valence-electron chi connectivity index (χ0n) is 15.2. The van der Waals surface area contributed by atoms with Crippen LogP contribution in [0.2, 0.25) is 5.02 Å². The van der Waals surface area contributed by atoms with E-state index in [-0.39, 0.29) is 24.0 Å². The van der Waals surface area contributed by atoms with Crippen molar-refractivity contribution in [2.45, 2.75) is 25.0 Å². The standard InChI is InChI=1S/C22H20ClNO4/c23-17-11-5-4-10-16(17)19-18(20(25)14-7-2-1-3-8-14)21(26)22(27)24(19)13-15-9-6-12-28-15/h1-5,7-8,10-11,15,19,25H,6,9,12-13H2/b20-18+/t15-,19-/m1/s1. The highest BCUT2D eigenvalue weighted by atomic mass is 35.5. The second-order valence-corrected chi connectivity index (χ2v) is 7.38. The normalized spacial score (nSPS) is 24.1. The van der Waals surface area contributed by atoms with Gasteiger partial charge in [-0.1, -0.05) is 60.1 Å². The number of ether oxygens (including phenoxy) is 1. The van der Waals surface area contributed by atoms with E-state index >= 15 is 0 Å². The van der Waals surface area contributed by atoms with E-state index in [1.54, 1.807) is 48.5 Å². The highest BCUT2D eigenvalue weighted by molar-refractivity contribution is 6.47. The number of amides is 1. The Morgan fingerprint density at radius 1 is 1.11 bits per heavy atom. The van der Waals surface area contributed by atoms with Gasteiger partial charge in [-0.15, -0.1) is 0 Å². The molecule has 1 amide bonds. The molecule has 144 valence electrons. The molecule has 0 spiro atoms. The number of hydrogen-bond acceptors (Lipinski definition) is 4. The van der Waals surface area contributed by atoms with Gasteiger partial charge in [0.25, 0.3) is 11.7 Å². The lowest BCUT2D eigenvalue weighted by molar-refractivity contribution is -0.140. The van der Waals surface area contributed by atoms with Gasteiger partial charge < -0.3 is 14.7 Å². The van der Waals surface area contributed by atoms with Crippen LogP contribution in [0, 0.1) is 0 Å². The third-order valence-electron chi connectivity index (χ3n) is 5.21. The molecule has 0 bridgehead atoms. The van der Waals surface area contributed by atoms with Crippen LogP contribution < -0.4 is 0 Å². The van der Waals surface area contributed by atoms with E-state index in [2.05, 4.69) is 0 Å². The van der Waals surface area contributed by atoms with Crippen molar-refractivity contribution < 1.29 is 19.4 Å². The molecule has 6 heteroatoms. The number of ketones is 1. The van der Waals surface area contributed by atoms with Crippen molar-refractivity contribution in [3.63, 3.8) is 0 Å². The first-order chi connectivity index (χ1) is 13.6. The van der Waals surface area contributed by atoms with Crippen LogP contribution in [0.3, 0.4) is 0 Å². The fourth-order valence-electron chi connectivity index (χ4n) is 3.85. The number of aliphatic hydroxyl groups is 1. The molecular weight excluding hydrogens is 378 g/mol. The molecule has 28 heavy (non-hydrogen) atoms. The van der Waals surface area contributed by atoms with E-state index in [0.29, 0.717) is 22.8 Å². The molecule has 2 aliphatic rings. The van der Waals surface area contributed by atoms with Gasteiger partial charge >= 0.3 is 0 Å². The molecule has 0 radical (unpaired) electrons. The third kappa shape index (κ3) is 3.32. The molecule has 2 atom stereocenters. The molecular formula is C22H20ClNO4. The number of aliphatic hydroxyl groups excluding tert-OH is 1. The molecule has 2 aromatic rings. The Balaban J connectivity index is 1.84. The van der Waals surface area contributed by atoms with Crippen molar-refractivity contribution in [3.8, 4) is 0 Å². The predicted molar refractivity (Wildman–Crippen MR) is 106 cm³/mol. The molecule has 2 aromatic carbocycles. The van der Waals surface area contributed by atoms with Crippen LogP contribution in [0.25, 0.3) is 5.76 Å². The summed E-state index contributed by atoms with van der Waals surface area (Å²) in [6.45, 7) is 0.932. The average Bonchev–Trinajstić information content (AvgIpc) is 3.31. The highest BCUT2D eigenvalue weighted by Crippen LogP contribution is 2.42. The minimum absolute atomic E-state index is 0.0577. The largest absolute Gasteiger partial charge is 0.507 e. The molecule has 0 aromatic heterocycles. The maximum absolute atomic E-state index is 12.9. The number of likely N-dealkylation sites (tertiary alicyclic amines) is 1. The van der Waals surface area contributed by atoms with Gasteiger partial charge in [-0.05, 0) is 24.5 Å². The fraction of sp³-hybridized carbons (Fsp3) is 0.273. The Morgan fingerprint density at radius 3 is 2.50 bits per heavy atom. The smallest absolute Gasteiger partial charge is 0.295 e. The number of halogens is 1. The Hall–Kier alpha value is -2.63. The quantitative estimate of drug-likeness (QED) is 0.482. The van der Waals surface area contributed by atoms with Crippen LogP contribution in [0.15, 0.2) is 60.2 Å². The highest BCUT2D eigenvalue weighted by Gasteiger charge is 2.47. The maximum Gasteiger partial charge on any atom is 0.295 e. The van der Waals surface area contributed by atoms with E-state index in [1.165, 1.54) is 4.90 Å². The van der Waals surface area contributed by atoms with Crippen molar-refractivity contribution in [3.05, 3.63) is 76.3 Å². The molecule has 0 unspecified atom stereocenters. The Labute approximate surface area is 168 Å². The minimum Gasteiger partial charge on any atom is -0.507 e. The Morgan fingerprint density at radius 2 is 1.82 bits per heavy atom. The van der Waals surface area contributed by atoms with Crippen molar-refractivity contribution in [2.24, 2.45) is 0 Å². The fourth-order valence-corrected chi connectivity index (χ4v) is 4.09. The van der Waals surface area contributed by atoms with Crippen LogP contribution in [0.4, 0.5) is 0 Å². The lowest BCUT2D eigenvalue weighted by atomic mass is 9.95. The predicted octanol–water partition coefficient (Wildman–Crippen LogP) is 3.94. The van der Waals surface area contributed by atoms with Gasteiger partial charge in [-0.2, -0.15) is 0 Å². The summed E-state index contributed by atoms with van der Waals surface area (Å²) < 4.78 is 5.68. The first-order valence-corrected chi connectivity index (χ1v) is 9.65. The van der Waals surface area contributed by atoms with Crippen LogP contribution in [-0.4, -0.2) is 41.0 Å². The summed E-state index contributed by atoms with van der Waals surface area (Å²) in [6.07, 6.45) is 1.63. The monoisotopic (exact) mass is 397 g/mol. The average molecular weight is 398 g/mol.